The minimum Gasteiger partial charge on any atom is -0.497 e. The lowest BCUT2D eigenvalue weighted by Gasteiger charge is -2.03. The number of nitrogens with one attached hydrogen (secondary N) is 1. The summed E-state index contributed by atoms with van der Waals surface area (Å²) in [5, 5.41) is 25.2. The summed E-state index contributed by atoms with van der Waals surface area (Å²) in [5.74, 6) is 1.97. The molecule has 1 aromatic carbocycles. The summed E-state index contributed by atoms with van der Waals surface area (Å²) in [5.41, 5.74) is 2.38. The number of carboxylic acids is 2. The van der Waals surface area contributed by atoms with E-state index in [1.54, 1.807) is 0 Å². The van der Waals surface area contributed by atoms with Gasteiger partial charge in [0.05, 0.1) is 12.0 Å². The third-order valence-electron chi connectivity index (χ3n) is 1.74. The molecule has 5 N–H and O–H groups in total. The van der Waals surface area contributed by atoms with Gasteiger partial charge in [-0.3, -0.25) is 16.0 Å². The van der Waals surface area contributed by atoms with Crippen molar-refractivity contribution in [1.82, 2.24) is 0 Å². The number of hydrogen-bond acceptors (Lipinski definition) is 7. The van der Waals surface area contributed by atoms with Gasteiger partial charge in [-0.05, 0) is 6.07 Å². The number of hydrazine groups is 1. The molecule has 0 aromatic heterocycles. The van der Waals surface area contributed by atoms with Crippen LogP contribution in [0.4, 0.5) is 11.4 Å². The largest absolute Gasteiger partial charge is 0.497 e. The van der Waals surface area contributed by atoms with Gasteiger partial charge in [0.1, 0.15) is 11.4 Å². The van der Waals surface area contributed by atoms with E-state index in [4.69, 9.17) is 30.4 Å². The first kappa shape index (κ1) is 16.1. The summed E-state index contributed by atoms with van der Waals surface area (Å²) < 4.78 is 4.87. The Morgan fingerprint density at radius 2 is 1.89 bits per heavy atom. The van der Waals surface area contributed by atoms with E-state index in [-0.39, 0.29) is 11.4 Å². The van der Waals surface area contributed by atoms with Gasteiger partial charge in [-0.2, -0.15) is 0 Å². The van der Waals surface area contributed by atoms with E-state index in [2.05, 4.69) is 5.43 Å². The number of nitro groups is 1. The number of hydrogen-bond donors (Lipinski definition) is 4. The number of rotatable bonds is 3. The molecule has 1 rings (SSSR count). The number of nitrogens with zero attached hydrogens (tertiary/aromatic N) is 1. The highest BCUT2D eigenvalue weighted by Crippen LogP contribution is 2.27. The minimum absolute atomic E-state index is 0.0803. The molecule has 0 radical (unpaired) electrons. The predicted molar refractivity (Wildman–Crippen MR) is 62.7 cm³/mol. The van der Waals surface area contributed by atoms with Gasteiger partial charge in [-0.1, -0.05) is 0 Å². The van der Waals surface area contributed by atoms with Crippen LogP contribution in [0.25, 0.3) is 0 Å². The third-order valence-corrected chi connectivity index (χ3v) is 1.74. The number of nitrogens with two attached hydrogens (primary N) is 1. The number of benzene rings is 1. The monoisotopic (exact) mass is 273 g/mol. The Bertz CT molecular complexity index is 477. The molecule has 0 bridgehead atoms. The number of methoxy groups -OCH3 is 1. The van der Waals surface area contributed by atoms with E-state index in [0.717, 1.165) is 0 Å². The van der Waals surface area contributed by atoms with Crippen molar-refractivity contribution in [2.24, 2.45) is 5.84 Å². The Hall–Kier alpha value is -2.88. The number of anilines is 1. The van der Waals surface area contributed by atoms with Gasteiger partial charge in [-0.25, -0.2) is 9.59 Å². The molecule has 0 saturated heterocycles. The highest BCUT2D eigenvalue weighted by molar-refractivity contribution is 6.27. The number of carboxylic acid groups (broad SMARTS) is 2. The maximum Gasteiger partial charge on any atom is 0.414 e. The second kappa shape index (κ2) is 7.45. The molecule has 1 aromatic rings. The molecule has 0 heterocycles. The van der Waals surface area contributed by atoms with Gasteiger partial charge in [0.25, 0.3) is 5.69 Å². The van der Waals surface area contributed by atoms with E-state index in [0.29, 0.717) is 5.75 Å². The Labute approximate surface area is 106 Å². The van der Waals surface area contributed by atoms with Crippen molar-refractivity contribution in [3.63, 3.8) is 0 Å². The maximum absolute atomic E-state index is 10.4. The lowest BCUT2D eigenvalue weighted by atomic mass is 10.2. The van der Waals surface area contributed by atoms with Crippen LogP contribution >= 0.6 is 0 Å². The molecule has 19 heavy (non-hydrogen) atoms. The van der Waals surface area contributed by atoms with Crippen molar-refractivity contribution in [2.75, 3.05) is 12.5 Å². The van der Waals surface area contributed by atoms with E-state index in [9.17, 15) is 10.1 Å². The topological polar surface area (TPSA) is 165 Å². The number of nitro benzene ring substituents is 1. The summed E-state index contributed by atoms with van der Waals surface area (Å²) in [7, 11) is 1.47. The lowest BCUT2D eigenvalue weighted by Crippen LogP contribution is -2.09. The van der Waals surface area contributed by atoms with Crippen LogP contribution in [0, 0.1) is 10.1 Å². The molecule has 0 aliphatic heterocycles. The van der Waals surface area contributed by atoms with E-state index >= 15 is 0 Å². The average molecular weight is 273 g/mol. The zero-order chi connectivity index (χ0) is 15.0. The lowest BCUT2D eigenvalue weighted by molar-refractivity contribution is -0.384. The average Bonchev–Trinajstić information content (AvgIpc) is 2.38. The molecule has 10 nitrogen and oxygen atoms in total. The number of nitrogen functional groups attached to an aromatic ring is 1. The normalized spacial score (nSPS) is 8.74. The first-order valence-corrected chi connectivity index (χ1v) is 4.58. The summed E-state index contributed by atoms with van der Waals surface area (Å²) in [6.07, 6.45) is 0. The molecule has 0 aliphatic carbocycles. The summed E-state index contributed by atoms with van der Waals surface area (Å²) in [6, 6.07) is 4.28. The summed E-state index contributed by atoms with van der Waals surface area (Å²) in [6.45, 7) is 0. The van der Waals surface area contributed by atoms with Crippen LogP contribution in [0.3, 0.4) is 0 Å². The Morgan fingerprint density at radius 3 is 2.21 bits per heavy atom. The van der Waals surface area contributed by atoms with Crippen LogP contribution in [0.1, 0.15) is 0 Å². The highest BCUT2D eigenvalue weighted by atomic mass is 16.6. The van der Waals surface area contributed by atoms with Crippen LogP contribution in [-0.4, -0.2) is 34.2 Å². The van der Waals surface area contributed by atoms with Gasteiger partial charge < -0.3 is 20.4 Å². The Balaban J connectivity index is 0.000000459. The van der Waals surface area contributed by atoms with Crippen molar-refractivity contribution in [3.8, 4) is 5.75 Å². The fraction of sp³-hybridized carbons (Fsp3) is 0.111. The van der Waals surface area contributed by atoms with Crippen molar-refractivity contribution >= 4 is 23.3 Å². The molecular formula is C9H11N3O7. The van der Waals surface area contributed by atoms with Gasteiger partial charge in [-0.15, -0.1) is 0 Å². The SMILES string of the molecule is COc1ccc([N+](=O)[O-])c(NN)c1.O=C(O)C(=O)O. The van der Waals surface area contributed by atoms with Crippen molar-refractivity contribution in [1.29, 1.82) is 0 Å². The van der Waals surface area contributed by atoms with Crippen LogP contribution in [0.5, 0.6) is 5.75 Å². The fourth-order valence-electron chi connectivity index (χ4n) is 0.917. The van der Waals surface area contributed by atoms with E-state index < -0.39 is 16.9 Å². The summed E-state index contributed by atoms with van der Waals surface area (Å²) in [4.78, 5) is 28.1. The second-order valence-electron chi connectivity index (χ2n) is 2.89. The maximum atomic E-state index is 10.4. The van der Waals surface area contributed by atoms with Gasteiger partial charge in [0.2, 0.25) is 0 Å². The zero-order valence-electron chi connectivity index (χ0n) is 9.69. The molecule has 0 spiro atoms. The van der Waals surface area contributed by atoms with Crippen molar-refractivity contribution in [3.05, 3.63) is 28.3 Å². The molecular weight excluding hydrogens is 262 g/mol. The molecule has 10 heteroatoms. The first-order valence-electron chi connectivity index (χ1n) is 4.58. The molecule has 0 atom stereocenters. The zero-order valence-corrected chi connectivity index (χ0v) is 9.69. The third kappa shape index (κ3) is 5.32. The van der Waals surface area contributed by atoms with Gasteiger partial charge in [0.15, 0.2) is 0 Å². The van der Waals surface area contributed by atoms with Gasteiger partial charge in [0, 0.05) is 12.1 Å². The summed E-state index contributed by atoms with van der Waals surface area (Å²) >= 11 is 0. The van der Waals surface area contributed by atoms with Crippen LogP contribution in [0.2, 0.25) is 0 Å². The number of aliphatic carboxylic acids is 2. The molecule has 0 fully saturated rings. The van der Waals surface area contributed by atoms with Crippen LogP contribution in [-0.2, 0) is 9.59 Å². The predicted octanol–water partition coefficient (Wildman–Crippen LogP) is 0.0446. The molecule has 104 valence electrons. The van der Waals surface area contributed by atoms with Crippen molar-refractivity contribution in [2.45, 2.75) is 0 Å². The van der Waals surface area contributed by atoms with Crippen LogP contribution < -0.4 is 16.0 Å². The number of ether oxygens (including phenoxy) is 1. The highest BCUT2D eigenvalue weighted by Gasteiger charge is 2.12. The first-order chi connectivity index (χ1) is 8.83. The molecule has 0 aliphatic rings. The Kier molecular flexibility index (Phi) is 6.32. The smallest absolute Gasteiger partial charge is 0.414 e. The van der Waals surface area contributed by atoms with Crippen molar-refractivity contribution < 1.29 is 29.5 Å². The van der Waals surface area contributed by atoms with Gasteiger partial charge >= 0.3 is 11.9 Å². The van der Waals surface area contributed by atoms with E-state index in [1.807, 2.05) is 0 Å². The minimum atomic E-state index is -1.82. The molecule has 0 amide bonds. The molecule has 0 unspecified atom stereocenters. The fourth-order valence-corrected chi connectivity index (χ4v) is 0.917. The second-order valence-corrected chi connectivity index (χ2v) is 2.89. The number of carbonyl (C=O) groups is 2. The quantitative estimate of drug-likeness (QED) is 0.257. The standard InChI is InChI=1S/C7H9N3O3.C2H2O4/c1-13-5-2-3-7(10(11)12)6(4-5)9-8;3-1(4)2(5)6/h2-4,9H,8H2,1H3;(H,3,4)(H,5,6). The molecule has 0 saturated carbocycles. The van der Waals surface area contributed by atoms with Crippen LogP contribution in [0.15, 0.2) is 18.2 Å². The van der Waals surface area contributed by atoms with E-state index in [1.165, 1.54) is 25.3 Å². The Morgan fingerprint density at radius 1 is 1.37 bits per heavy atom.